The molecule has 0 radical (unpaired) electrons. The van der Waals surface area contributed by atoms with Gasteiger partial charge in [0.2, 0.25) is 17.7 Å². The van der Waals surface area contributed by atoms with Crippen molar-refractivity contribution in [2.45, 2.75) is 102 Å². The number of nitrogens with one attached hydrogen (secondary N) is 1. The molecule has 4 atom stereocenters. The lowest BCUT2D eigenvalue weighted by atomic mass is 9.90. The van der Waals surface area contributed by atoms with Crippen molar-refractivity contribution < 1.29 is 37.8 Å². The van der Waals surface area contributed by atoms with Crippen LogP contribution in [0.2, 0.25) is 0 Å². The number of carbonyl (C=O) groups is 5. The van der Waals surface area contributed by atoms with Crippen molar-refractivity contribution in [3.63, 3.8) is 0 Å². The van der Waals surface area contributed by atoms with E-state index in [0.29, 0.717) is 11.1 Å². The first-order valence-corrected chi connectivity index (χ1v) is 18.3. The molecule has 1 aliphatic heterocycles. The lowest BCUT2D eigenvalue weighted by molar-refractivity contribution is -0.151. The summed E-state index contributed by atoms with van der Waals surface area (Å²) in [4.78, 5) is 72.5. The topological polar surface area (TPSA) is 126 Å². The van der Waals surface area contributed by atoms with Gasteiger partial charge < -0.3 is 24.6 Å². The van der Waals surface area contributed by atoms with E-state index in [1.54, 1.807) is 84.0 Å². The zero-order chi connectivity index (χ0) is 40.1. The van der Waals surface area contributed by atoms with Crippen molar-refractivity contribution in [3.05, 3.63) is 106 Å². The van der Waals surface area contributed by atoms with Crippen LogP contribution in [-0.4, -0.2) is 87.1 Å². The monoisotopic (exact) mass is 762 g/mol. The zero-order valence-electron chi connectivity index (χ0n) is 32.4. The van der Waals surface area contributed by atoms with Gasteiger partial charge in [-0.2, -0.15) is 12.6 Å². The van der Waals surface area contributed by atoms with Crippen molar-refractivity contribution in [2.75, 3.05) is 14.2 Å². The van der Waals surface area contributed by atoms with E-state index in [9.17, 15) is 19.2 Å². The van der Waals surface area contributed by atoms with Crippen LogP contribution in [0.3, 0.4) is 0 Å². The van der Waals surface area contributed by atoms with Crippen LogP contribution in [0.1, 0.15) is 87.1 Å². The van der Waals surface area contributed by atoms with Crippen LogP contribution < -0.4 is 5.32 Å². The van der Waals surface area contributed by atoms with Gasteiger partial charge in [0.15, 0.2) is 0 Å². The van der Waals surface area contributed by atoms with Crippen molar-refractivity contribution >= 4 is 42.4 Å². The second-order valence-corrected chi connectivity index (χ2v) is 16.3. The normalized spacial score (nSPS) is 15.9. The summed E-state index contributed by atoms with van der Waals surface area (Å²) in [6.45, 7) is 11.9. The number of methoxy groups -OCH3 is 1. The average Bonchev–Trinajstić information content (AvgIpc) is 3.12. The van der Waals surface area contributed by atoms with E-state index in [2.05, 4.69) is 5.32 Å². The number of nitrogens with zero attached hydrogens (tertiary/aromatic N) is 3. The highest BCUT2D eigenvalue weighted by atomic mass is 32.1. The molecule has 0 bridgehead atoms. The van der Waals surface area contributed by atoms with E-state index >= 15 is 9.18 Å². The number of ether oxygens (including phenoxy) is 2. The highest BCUT2D eigenvalue weighted by Gasteiger charge is 2.45. The Hall–Kier alpha value is -4.91. The Morgan fingerprint density at radius 3 is 2.09 bits per heavy atom. The van der Waals surface area contributed by atoms with Crippen LogP contribution in [-0.2, 0) is 43.4 Å². The highest BCUT2D eigenvalue weighted by Crippen LogP contribution is 2.32. The predicted octanol–water partition coefficient (Wildman–Crippen LogP) is 6.10. The number of hydrogen-bond acceptors (Lipinski definition) is 8. The number of carbonyl (C=O) groups excluding carboxylic acids is 5. The molecule has 1 heterocycles. The number of likely N-dealkylation sites (N-methyl/N-ethyl adjacent to an activating group) is 1. The molecule has 11 nitrogen and oxygen atoms in total. The lowest BCUT2D eigenvalue weighted by Gasteiger charge is -2.43. The van der Waals surface area contributed by atoms with Gasteiger partial charge in [0.25, 0.3) is 0 Å². The van der Waals surface area contributed by atoms with E-state index in [-0.39, 0.29) is 25.1 Å². The molecule has 0 fully saturated rings. The fraction of sp³-hybridized carbons (Fsp3) is 0.439. The minimum Gasteiger partial charge on any atom is -0.465 e. The van der Waals surface area contributed by atoms with Crippen LogP contribution in [0.25, 0.3) is 0 Å². The van der Waals surface area contributed by atoms with Crippen LogP contribution in [0.5, 0.6) is 0 Å². The molecular weight excluding hydrogens is 712 g/mol. The smallest absolute Gasteiger partial charge is 0.410 e. The van der Waals surface area contributed by atoms with Crippen molar-refractivity contribution in [2.24, 2.45) is 0 Å². The maximum atomic E-state index is 15.3. The van der Waals surface area contributed by atoms with Crippen molar-refractivity contribution in [3.8, 4) is 0 Å². The first-order chi connectivity index (χ1) is 25.2. The van der Waals surface area contributed by atoms with Crippen LogP contribution >= 0.6 is 12.6 Å². The van der Waals surface area contributed by atoms with Gasteiger partial charge in [0.1, 0.15) is 29.5 Å². The van der Waals surface area contributed by atoms with E-state index in [1.807, 2.05) is 24.3 Å². The first kappa shape index (κ1) is 41.8. The minimum atomic E-state index is -1.23. The van der Waals surface area contributed by atoms with Gasteiger partial charge in [0, 0.05) is 36.9 Å². The summed E-state index contributed by atoms with van der Waals surface area (Å²) in [6, 6.07) is 16.2. The second kappa shape index (κ2) is 17.0. The van der Waals surface area contributed by atoms with E-state index in [1.165, 1.54) is 36.9 Å². The van der Waals surface area contributed by atoms with Crippen molar-refractivity contribution in [1.82, 2.24) is 20.0 Å². The molecule has 1 N–H and O–H groups in total. The quantitative estimate of drug-likeness (QED) is 0.179. The van der Waals surface area contributed by atoms with Crippen LogP contribution in [0.15, 0.2) is 72.8 Å². The summed E-state index contributed by atoms with van der Waals surface area (Å²) in [5.74, 6) is -2.61. The fourth-order valence-electron chi connectivity index (χ4n) is 6.25. The SMILES string of the molecule is COC(=O)c1ccc(CN(C(=O)[C@@H]2Cc3ccccc3CN2C(=O)[C@@H](NC(=O)[C@H](C)N(C)C(=O)OC(C)(C)C)C(C)(C)S)[C@H](C)c2ccccc2F)cc1. The number of rotatable bonds is 11. The summed E-state index contributed by atoms with van der Waals surface area (Å²) < 4.78 is 24.4. The first-order valence-electron chi connectivity index (χ1n) is 17.8. The lowest BCUT2D eigenvalue weighted by Crippen LogP contribution is -2.63. The molecule has 13 heteroatoms. The Bertz CT molecular complexity index is 1860. The molecule has 3 aromatic rings. The molecule has 3 aromatic carbocycles. The maximum Gasteiger partial charge on any atom is 0.410 e. The third-order valence-corrected chi connectivity index (χ3v) is 9.79. The minimum absolute atomic E-state index is 0.0305. The molecule has 0 saturated heterocycles. The molecule has 290 valence electrons. The molecule has 1 aliphatic rings. The zero-order valence-corrected chi connectivity index (χ0v) is 33.3. The molecule has 0 aromatic heterocycles. The van der Waals surface area contributed by atoms with Gasteiger partial charge in [-0.3, -0.25) is 19.3 Å². The molecule has 54 heavy (non-hydrogen) atoms. The molecule has 0 saturated carbocycles. The fourth-order valence-corrected chi connectivity index (χ4v) is 6.43. The number of amides is 4. The third kappa shape index (κ3) is 9.99. The molecule has 4 amide bonds. The van der Waals surface area contributed by atoms with E-state index < -0.39 is 70.1 Å². The van der Waals surface area contributed by atoms with Gasteiger partial charge in [-0.15, -0.1) is 0 Å². The number of benzene rings is 3. The standard InChI is InChI=1S/C41H51FN4O7S/c1-25(31-16-12-13-17-32(31)42)45(23-27-18-20-28(21-19-27)38(50)52-9)36(48)33-22-29-14-10-11-15-30(29)24-46(33)37(49)34(41(6,7)54)43-35(47)26(2)44(8)39(51)53-40(3,4)5/h10-21,25-26,33-34,54H,22-24H2,1-9H3,(H,43,47)/t25-,26+,33+,34-/m1/s1. The van der Waals surface area contributed by atoms with E-state index in [0.717, 1.165) is 16.0 Å². The van der Waals surface area contributed by atoms with Gasteiger partial charge in [-0.05, 0) is 83.4 Å². The summed E-state index contributed by atoms with van der Waals surface area (Å²) in [5, 5.41) is 2.81. The predicted molar refractivity (Wildman–Crippen MR) is 206 cm³/mol. The molecule has 0 spiro atoms. The van der Waals surface area contributed by atoms with Gasteiger partial charge in [-0.1, -0.05) is 54.6 Å². The largest absolute Gasteiger partial charge is 0.465 e. The summed E-state index contributed by atoms with van der Waals surface area (Å²) in [7, 11) is 2.72. The Kier molecular flexibility index (Phi) is 13.2. The Morgan fingerprint density at radius 2 is 1.52 bits per heavy atom. The van der Waals surface area contributed by atoms with E-state index in [4.69, 9.17) is 22.1 Å². The molecule has 4 rings (SSSR count). The number of thiol groups is 1. The maximum absolute atomic E-state index is 15.3. The Balaban J connectivity index is 1.73. The van der Waals surface area contributed by atoms with Gasteiger partial charge in [-0.25, -0.2) is 14.0 Å². The van der Waals surface area contributed by atoms with Crippen LogP contribution in [0, 0.1) is 5.82 Å². The second-order valence-electron chi connectivity index (χ2n) is 15.2. The number of esters is 1. The number of hydrogen-bond donors (Lipinski definition) is 2. The number of halogens is 1. The molecule has 0 aliphatic carbocycles. The average molecular weight is 763 g/mol. The highest BCUT2D eigenvalue weighted by molar-refractivity contribution is 7.81. The molecule has 0 unspecified atom stereocenters. The third-order valence-electron chi connectivity index (χ3n) is 9.53. The summed E-state index contributed by atoms with van der Waals surface area (Å²) in [5.41, 5.74) is 2.20. The Morgan fingerprint density at radius 1 is 0.926 bits per heavy atom. The Labute approximate surface area is 322 Å². The molecular formula is C41H51FN4O7S. The van der Waals surface area contributed by atoms with Crippen molar-refractivity contribution in [1.29, 1.82) is 0 Å². The van der Waals surface area contributed by atoms with Crippen LogP contribution in [0.4, 0.5) is 9.18 Å². The summed E-state index contributed by atoms with van der Waals surface area (Å²) >= 11 is 4.73. The van der Waals surface area contributed by atoms with Gasteiger partial charge in [0.05, 0.1) is 18.7 Å². The summed E-state index contributed by atoms with van der Waals surface area (Å²) in [6.07, 6.45) is -0.547. The number of fused-ring (bicyclic) bond motifs is 1. The van der Waals surface area contributed by atoms with Gasteiger partial charge >= 0.3 is 12.1 Å².